The number of sulfonamides is 1. The average molecular weight is 242 g/mol. The summed E-state index contributed by atoms with van der Waals surface area (Å²) in [5, 5.41) is 0. The normalized spacial score (nSPS) is 13.8. The molecule has 0 aliphatic rings. The van der Waals surface area contributed by atoms with E-state index in [0.29, 0.717) is 0 Å². The Morgan fingerprint density at radius 1 is 1.31 bits per heavy atom. The Bertz CT molecular complexity index is 469. The lowest BCUT2D eigenvalue weighted by atomic mass is 10.1. The molecule has 0 bridgehead atoms. The highest BCUT2D eigenvalue weighted by Crippen LogP contribution is 2.14. The fourth-order valence-corrected chi connectivity index (χ4v) is 2.60. The second-order valence-electron chi connectivity index (χ2n) is 4.00. The maximum Gasteiger partial charge on any atom is 0.240 e. The van der Waals surface area contributed by atoms with Crippen molar-refractivity contribution < 1.29 is 8.42 Å². The van der Waals surface area contributed by atoms with Crippen LogP contribution in [0.4, 0.5) is 0 Å². The predicted octanol–water partition coefficient (Wildman–Crippen LogP) is 0.929. The van der Waals surface area contributed by atoms with Crippen molar-refractivity contribution in [2.75, 3.05) is 6.54 Å². The van der Waals surface area contributed by atoms with Crippen LogP contribution in [0, 0.1) is 13.8 Å². The molecule has 16 heavy (non-hydrogen) atoms. The summed E-state index contributed by atoms with van der Waals surface area (Å²) in [5.74, 6) is 0. The van der Waals surface area contributed by atoms with Crippen LogP contribution in [-0.4, -0.2) is 21.0 Å². The first-order valence-electron chi connectivity index (χ1n) is 5.16. The van der Waals surface area contributed by atoms with Crippen LogP contribution in [0.25, 0.3) is 0 Å². The van der Waals surface area contributed by atoms with E-state index >= 15 is 0 Å². The van der Waals surface area contributed by atoms with E-state index in [4.69, 9.17) is 5.73 Å². The Morgan fingerprint density at radius 2 is 1.94 bits per heavy atom. The molecule has 5 heteroatoms. The summed E-state index contributed by atoms with van der Waals surface area (Å²) in [5.41, 5.74) is 7.42. The molecular formula is C11H18N2O2S. The zero-order valence-corrected chi connectivity index (χ0v) is 10.6. The number of benzene rings is 1. The van der Waals surface area contributed by atoms with E-state index in [1.807, 2.05) is 13.8 Å². The first-order valence-corrected chi connectivity index (χ1v) is 6.65. The molecule has 0 amide bonds. The van der Waals surface area contributed by atoms with Crippen LogP contribution < -0.4 is 10.5 Å². The van der Waals surface area contributed by atoms with E-state index < -0.39 is 10.0 Å². The van der Waals surface area contributed by atoms with Gasteiger partial charge in [-0.2, -0.15) is 0 Å². The molecule has 0 saturated heterocycles. The van der Waals surface area contributed by atoms with Gasteiger partial charge in [0.05, 0.1) is 4.90 Å². The van der Waals surface area contributed by atoms with Crippen LogP contribution in [0.1, 0.15) is 18.1 Å². The fraction of sp³-hybridized carbons (Fsp3) is 0.455. The third kappa shape index (κ3) is 3.04. The zero-order valence-electron chi connectivity index (χ0n) is 9.82. The summed E-state index contributed by atoms with van der Waals surface area (Å²) in [6.07, 6.45) is 0. The van der Waals surface area contributed by atoms with Crippen molar-refractivity contribution in [1.82, 2.24) is 4.72 Å². The van der Waals surface area contributed by atoms with Crippen LogP contribution in [0.5, 0.6) is 0 Å². The molecule has 0 spiro atoms. The van der Waals surface area contributed by atoms with Gasteiger partial charge in [0.2, 0.25) is 10.0 Å². The third-order valence-corrected chi connectivity index (χ3v) is 4.09. The molecule has 0 saturated carbocycles. The fourth-order valence-electron chi connectivity index (χ4n) is 1.26. The standard InChI is InChI=1S/C11H18N2O2S/c1-8-4-5-11(6-9(8)2)16(14,15)13-10(3)7-12/h4-6,10,13H,7,12H2,1-3H3. The third-order valence-electron chi connectivity index (χ3n) is 2.50. The molecule has 0 aliphatic carbocycles. The molecule has 1 aromatic carbocycles. The molecule has 4 nitrogen and oxygen atoms in total. The number of nitrogens with one attached hydrogen (secondary N) is 1. The minimum atomic E-state index is -3.44. The van der Waals surface area contributed by atoms with Crippen molar-refractivity contribution in [3.05, 3.63) is 29.3 Å². The van der Waals surface area contributed by atoms with E-state index in [-0.39, 0.29) is 17.5 Å². The Balaban J connectivity index is 3.03. The number of rotatable bonds is 4. The lowest BCUT2D eigenvalue weighted by molar-refractivity contribution is 0.562. The molecule has 0 heterocycles. The van der Waals surface area contributed by atoms with E-state index in [1.165, 1.54) is 0 Å². The molecule has 0 aliphatic heterocycles. The molecule has 0 aromatic heterocycles. The number of hydrogen-bond acceptors (Lipinski definition) is 3. The summed E-state index contributed by atoms with van der Waals surface area (Å²) in [6, 6.07) is 4.82. The van der Waals surface area contributed by atoms with Gasteiger partial charge in [0.25, 0.3) is 0 Å². The van der Waals surface area contributed by atoms with Crippen molar-refractivity contribution in [1.29, 1.82) is 0 Å². The number of hydrogen-bond donors (Lipinski definition) is 2. The van der Waals surface area contributed by atoms with Crippen LogP contribution in [0.3, 0.4) is 0 Å². The van der Waals surface area contributed by atoms with Crippen LogP contribution >= 0.6 is 0 Å². The van der Waals surface area contributed by atoms with Gasteiger partial charge in [-0.05, 0) is 44.0 Å². The number of nitrogens with two attached hydrogens (primary N) is 1. The lowest BCUT2D eigenvalue weighted by Gasteiger charge is -2.12. The van der Waals surface area contributed by atoms with Gasteiger partial charge in [0.1, 0.15) is 0 Å². The van der Waals surface area contributed by atoms with E-state index in [1.54, 1.807) is 25.1 Å². The quantitative estimate of drug-likeness (QED) is 0.825. The molecule has 1 aromatic rings. The second-order valence-corrected chi connectivity index (χ2v) is 5.72. The molecule has 90 valence electrons. The van der Waals surface area contributed by atoms with Gasteiger partial charge in [0.15, 0.2) is 0 Å². The van der Waals surface area contributed by atoms with Crippen molar-refractivity contribution in [2.45, 2.75) is 31.7 Å². The minimum Gasteiger partial charge on any atom is -0.329 e. The summed E-state index contributed by atoms with van der Waals surface area (Å²) in [6.45, 7) is 5.85. The van der Waals surface area contributed by atoms with E-state index in [0.717, 1.165) is 11.1 Å². The van der Waals surface area contributed by atoms with Crippen LogP contribution in [0.15, 0.2) is 23.1 Å². The maximum atomic E-state index is 11.9. The van der Waals surface area contributed by atoms with Gasteiger partial charge in [-0.1, -0.05) is 6.07 Å². The summed E-state index contributed by atoms with van der Waals surface area (Å²) >= 11 is 0. The molecule has 1 atom stereocenters. The summed E-state index contributed by atoms with van der Waals surface area (Å²) in [7, 11) is -3.44. The largest absolute Gasteiger partial charge is 0.329 e. The van der Waals surface area contributed by atoms with Crippen molar-refractivity contribution in [3.8, 4) is 0 Å². The Labute approximate surface area is 96.9 Å². The Kier molecular flexibility index (Phi) is 4.07. The smallest absolute Gasteiger partial charge is 0.240 e. The highest BCUT2D eigenvalue weighted by atomic mass is 32.2. The molecule has 0 fully saturated rings. The monoisotopic (exact) mass is 242 g/mol. The van der Waals surface area contributed by atoms with Gasteiger partial charge < -0.3 is 5.73 Å². The Hall–Kier alpha value is -0.910. The first kappa shape index (κ1) is 13.2. The van der Waals surface area contributed by atoms with Gasteiger partial charge in [-0.15, -0.1) is 0 Å². The first-order chi connectivity index (χ1) is 7.36. The Morgan fingerprint density at radius 3 is 2.44 bits per heavy atom. The van der Waals surface area contributed by atoms with Gasteiger partial charge in [-0.25, -0.2) is 13.1 Å². The summed E-state index contributed by atoms with van der Waals surface area (Å²) < 4.78 is 26.3. The SMILES string of the molecule is Cc1ccc(S(=O)(=O)NC(C)CN)cc1C. The lowest BCUT2D eigenvalue weighted by Crippen LogP contribution is -2.37. The maximum absolute atomic E-state index is 11.9. The zero-order chi connectivity index (χ0) is 12.3. The average Bonchev–Trinajstić information content (AvgIpc) is 2.21. The molecular weight excluding hydrogens is 224 g/mol. The van der Waals surface area contributed by atoms with E-state index in [2.05, 4.69) is 4.72 Å². The second kappa shape index (κ2) is 4.95. The highest BCUT2D eigenvalue weighted by Gasteiger charge is 2.16. The molecule has 3 N–H and O–H groups in total. The molecule has 0 radical (unpaired) electrons. The van der Waals surface area contributed by atoms with Crippen molar-refractivity contribution in [3.63, 3.8) is 0 Å². The van der Waals surface area contributed by atoms with Crippen molar-refractivity contribution >= 4 is 10.0 Å². The van der Waals surface area contributed by atoms with Gasteiger partial charge >= 0.3 is 0 Å². The van der Waals surface area contributed by atoms with Crippen LogP contribution in [-0.2, 0) is 10.0 Å². The predicted molar refractivity (Wildman–Crippen MR) is 64.8 cm³/mol. The van der Waals surface area contributed by atoms with Gasteiger partial charge in [-0.3, -0.25) is 0 Å². The van der Waals surface area contributed by atoms with Crippen LogP contribution in [0.2, 0.25) is 0 Å². The minimum absolute atomic E-state index is 0.258. The highest BCUT2D eigenvalue weighted by molar-refractivity contribution is 7.89. The van der Waals surface area contributed by atoms with Crippen molar-refractivity contribution in [2.24, 2.45) is 5.73 Å². The number of aryl methyl sites for hydroxylation is 2. The molecule has 1 rings (SSSR count). The van der Waals surface area contributed by atoms with E-state index in [9.17, 15) is 8.42 Å². The van der Waals surface area contributed by atoms with Gasteiger partial charge in [0, 0.05) is 12.6 Å². The topological polar surface area (TPSA) is 72.2 Å². The summed E-state index contributed by atoms with van der Waals surface area (Å²) in [4.78, 5) is 0.288. The molecule has 1 unspecified atom stereocenters.